The number of ether oxygens (including phenoxy) is 1. The summed E-state index contributed by atoms with van der Waals surface area (Å²) in [6.07, 6.45) is 10.6. The van der Waals surface area contributed by atoms with Crippen LogP contribution in [0.4, 0.5) is 5.95 Å². The van der Waals surface area contributed by atoms with Gasteiger partial charge in [0.1, 0.15) is 0 Å². The molecule has 1 heterocycles. The molecule has 114 valence electrons. The first-order valence-corrected chi connectivity index (χ1v) is 7.89. The standard InChI is InChI=1S/C16H29N3O/c1-4-5-6-7-8-9-10-11-12-17-16-18-14(2)13-15(19-16)20-3/h13H,4-12H2,1-3H3,(H,17,18,19). The van der Waals surface area contributed by atoms with Crippen LogP contribution in [-0.4, -0.2) is 23.6 Å². The Morgan fingerprint density at radius 3 is 2.30 bits per heavy atom. The van der Waals surface area contributed by atoms with Crippen LogP contribution < -0.4 is 10.1 Å². The quantitative estimate of drug-likeness (QED) is 0.612. The van der Waals surface area contributed by atoms with Crippen LogP contribution in [0.1, 0.15) is 64.0 Å². The molecule has 0 aliphatic heterocycles. The molecule has 1 aromatic rings. The van der Waals surface area contributed by atoms with Crippen molar-refractivity contribution >= 4 is 5.95 Å². The number of unbranched alkanes of at least 4 members (excludes halogenated alkanes) is 7. The lowest BCUT2D eigenvalue weighted by Gasteiger charge is -2.07. The monoisotopic (exact) mass is 279 g/mol. The maximum absolute atomic E-state index is 5.14. The van der Waals surface area contributed by atoms with Gasteiger partial charge in [-0.3, -0.25) is 0 Å². The molecule has 4 nitrogen and oxygen atoms in total. The van der Waals surface area contributed by atoms with Gasteiger partial charge in [0.05, 0.1) is 7.11 Å². The lowest BCUT2D eigenvalue weighted by atomic mass is 10.1. The molecule has 0 saturated carbocycles. The number of hydrogen-bond acceptors (Lipinski definition) is 4. The van der Waals surface area contributed by atoms with E-state index < -0.39 is 0 Å². The van der Waals surface area contributed by atoms with Gasteiger partial charge in [0, 0.05) is 18.3 Å². The Balaban J connectivity index is 2.08. The Labute approximate surface area is 123 Å². The molecular formula is C16H29N3O. The molecule has 1 aromatic heterocycles. The summed E-state index contributed by atoms with van der Waals surface area (Å²) in [5.41, 5.74) is 0.926. The highest BCUT2D eigenvalue weighted by Gasteiger charge is 2.01. The second kappa shape index (κ2) is 10.5. The van der Waals surface area contributed by atoms with E-state index >= 15 is 0 Å². The van der Waals surface area contributed by atoms with E-state index in [0.717, 1.165) is 12.2 Å². The summed E-state index contributed by atoms with van der Waals surface area (Å²) in [6, 6.07) is 1.83. The van der Waals surface area contributed by atoms with Crippen LogP contribution in [0, 0.1) is 6.92 Å². The zero-order chi connectivity index (χ0) is 14.6. The molecule has 0 aromatic carbocycles. The van der Waals surface area contributed by atoms with E-state index in [0.29, 0.717) is 11.8 Å². The van der Waals surface area contributed by atoms with Crippen molar-refractivity contribution in [1.82, 2.24) is 9.97 Å². The number of hydrogen-bond donors (Lipinski definition) is 1. The molecule has 0 atom stereocenters. The molecule has 0 saturated heterocycles. The first-order valence-electron chi connectivity index (χ1n) is 7.89. The average molecular weight is 279 g/mol. The van der Waals surface area contributed by atoms with Gasteiger partial charge >= 0.3 is 0 Å². The maximum atomic E-state index is 5.14. The van der Waals surface area contributed by atoms with Gasteiger partial charge in [0.25, 0.3) is 0 Å². The van der Waals surface area contributed by atoms with Crippen LogP contribution in [-0.2, 0) is 0 Å². The Kier molecular flexibility index (Phi) is 8.76. The van der Waals surface area contributed by atoms with Crippen molar-refractivity contribution in [2.24, 2.45) is 0 Å². The summed E-state index contributed by atoms with van der Waals surface area (Å²) in [7, 11) is 1.63. The van der Waals surface area contributed by atoms with E-state index in [1.165, 1.54) is 51.4 Å². The first-order chi connectivity index (χ1) is 9.76. The number of rotatable bonds is 11. The van der Waals surface area contributed by atoms with E-state index in [-0.39, 0.29) is 0 Å². The highest BCUT2D eigenvalue weighted by molar-refractivity contribution is 5.30. The minimum absolute atomic E-state index is 0.621. The summed E-state index contributed by atoms with van der Waals surface area (Å²) in [6.45, 7) is 5.14. The fourth-order valence-electron chi connectivity index (χ4n) is 2.18. The van der Waals surface area contributed by atoms with E-state index in [2.05, 4.69) is 22.2 Å². The fourth-order valence-corrected chi connectivity index (χ4v) is 2.18. The summed E-state index contributed by atoms with van der Waals surface area (Å²) in [5, 5.41) is 3.27. The van der Waals surface area contributed by atoms with Gasteiger partial charge in [-0.2, -0.15) is 4.98 Å². The largest absolute Gasteiger partial charge is 0.481 e. The molecule has 0 unspecified atom stereocenters. The van der Waals surface area contributed by atoms with Gasteiger partial charge in [0.15, 0.2) is 0 Å². The highest BCUT2D eigenvalue weighted by atomic mass is 16.5. The van der Waals surface area contributed by atoms with E-state index in [1.54, 1.807) is 7.11 Å². The van der Waals surface area contributed by atoms with Crippen LogP contribution in [0.2, 0.25) is 0 Å². The van der Waals surface area contributed by atoms with Crippen molar-refractivity contribution in [2.45, 2.75) is 65.2 Å². The Morgan fingerprint density at radius 2 is 1.65 bits per heavy atom. The molecule has 0 fully saturated rings. The van der Waals surface area contributed by atoms with E-state index in [9.17, 15) is 0 Å². The summed E-state index contributed by atoms with van der Waals surface area (Å²) in [4.78, 5) is 8.62. The van der Waals surface area contributed by atoms with Gasteiger partial charge in [0.2, 0.25) is 11.8 Å². The third-order valence-electron chi connectivity index (χ3n) is 3.35. The second-order valence-corrected chi connectivity index (χ2v) is 5.28. The third kappa shape index (κ3) is 7.31. The van der Waals surface area contributed by atoms with Crippen molar-refractivity contribution in [1.29, 1.82) is 0 Å². The SMILES string of the molecule is CCCCCCCCCCNc1nc(C)cc(OC)n1. The van der Waals surface area contributed by atoms with Gasteiger partial charge in [-0.05, 0) is 13.3 Å². The third-order valence-corrected chi connectivity index (χ3v) is 3.35. The Morgan fingerprint density at radius 1 is 1.00 bits per heavy atom. The minimum atomic E-state index is 0.621. The molecule has 0 radical (unpaired) electrons. The molecule has 0 bridgehead atoms. The lowest BCUT2D eigenvalue weighted by molar-refractivity contribution is 0.397. The van der Waals surface area contributed by atoms with Crippen molar-refractivity contribution in [3.63, 3.8) is 0 Å². The average Bonchev–Trinajstić information content (AvgIpc) is 2.45. The lowest BCUT2D eigenvalue weighted by Crippen LogP contribution is -2.06. The number of aromatic nitrogens is 2. The van der Waals surface area contributed by atoms with Crippen LogP contribution in [0.25, 0.3) is 0 Å². The van der Waals surface area contributed by atoms with Crippen molar-refractivity contribution < 1.29 is 4.74 Å². The van der Waals surface area contributed by atoms with Gasteiger partial charge < -0.3 is 10.1 Å². The molecule has 0 amide bonds. The van der Waals surface area contributed by atoms with Crippen LogP contribution in [0.15, 0.2) is 6.07 Å². The summed E-state index contributed by atoms with van der Waals surface area (Å²) >= 11 is 0. The topological polar surface area (TPSA) is 47.0 Å². The molecule has 0 aliphatic carbocycles. The van der Waals surface area contributed by atoms with Gasteiger partial charge in [-0.15, -0.1) is 0 Å². The molecule has 0 aliphatic rings. The number of methoxy groups -OCH3 is 1. The van der Waals surface area contributed by atoms with E-state index in [4.69, 9.17) is 4.74 Å². The van der Waals surface area contributed by atoms with Gasteiger partial charge in [-0.25, -0.2) is 4.98 Å². The molecule has 20 heavy (non-hydrogen) atoms. The Hall–Kier alpha value is -1.32. The van der Waals surface area contributed by atoms with Crippen molar-refractivity contribution in [2.75, 3.05) is 19.0 Å². The van der Waals surface area contributed by atoms with Gasteiger partial charge in [-0.1, -0.05) is 51.9 Å². The molecule has 1 N–H and O–H groups in total. The van der Waals surface area contributed by atoms with Crippen molar-refractivity contribution in [3.05, 3.63) is 11.8 Å². The molecule has 1 rings (SSSR count). The minimum Gasteiger partial charge on any atom is -0.481 e. The Bertz CT molecular complexity index is 369. The van der Waals surface area contributed by atoms with E-state index in [1.807, 2.05) is 13.0 Å². The predicted octanol–water partition coefficient (Wildman–Crippen LogP) is 4.35. The predicted molar refractivity (Wildman–Crippen MR) is 84.4 cm³/mol. The smallest absolute Gasteiger partial charge is 0.226 e. The summed E-state index contributed by atoms with van der Waals surface area (Å²) < 4.78 is 5.14. The van der Waals surface area contributed by atoms with Crippen LogP contribution in [0.5, 0.6) is 5.88 Å². The number of nitrogens with zero attached hydrogens (tertiary/aromatic N) is 2. The molecular weight excluding hydrogens is 250 g/mol. The van der Waals surface area contributed by atoms with Crippen LogP contribution >= 0.6 is 0 Å². The zero-order valence-electron chi connectivity index (χ0n) is 13.2. The number of anilines is 1. The maximum Gasteiger partial charge on any atom is 0.226 e. The first kappa shape index (κ1) is 16.7. The fraction of sp³-hybridized carbons (Fsp3) is 0.750. The number of nitrogens with one attached hydrogen (secondary N) is 1. The highest BCUT2D eigenvalue weighted by Crippen LogP contribution is 2.12. The second-order valence-electron chi connectivity index (χ2n) is 5.28. The normalized spacial score (nSPS) is 10.6. The number of aryl methyl sites for hydroxylation is 1. The molecule has 0 spiro atoms. The van der Waals surface area contributed by atoms with Crippen LogP contribution in [0.3, 0.4) is 0 Å². The van der Waals surface area contributed by atoms with Crippen molar-refractivity contribution in [3.8, 4) is 5.88 Å². The zero-order valence-corrected chi connectivity index (χ0v) is 13.2. The summed E-state index contributed by atoms with van der Waals surface area (Å²) in [5.74, 6) is 1.29. The molecule has 4 heteroatoms.